The summed E-state index contributed by atoms with van der Waals surface area (Å²) >= 11 is 5.79. The van der Waals surface area contributed by atoms with Crippen molar-refractivity contribution in [3.05, 3.63) is 34.6 Å². The average Bonchev–Trinajstić information content (AvgIpc) is 2.27. The van der Waals surface area contributed by atoms with Gasteiger partial charge in [-0.2, -0.15) is 0 Å². The van der Waals surface area contributed by atoms with E-state index in [1.807, 2.05) is 6.07 Å². The molecule has 1 N–H and O–H groups in total. The van der Waals surface area contributed by atoms with E-state index in [0.717, 1.165) is 24.9 Å². The van der Waals surface area contributed by atoms with Gasteiger partial charge in [-0.05, 0) is 42.5 Å². The molecule has 0 aliphatic carbocycles. The van der Waals surface area contributed by atoms with Gasteiger partial charge in [0.15, 0.2) is 0 Å². The van der Waals surface area contributed by atoms with E-state index in [9.17, 15) is 4.39 Å². The van der Waals surface area contributed by atoms with Gasteiger partial charge in [-0.3, -0.25) is 0 Å². The molecular weight excluding hydrogens is 249 g/mol. The molecule has 1 aromatic carbocycles. The van der Waals surface area contributed by atoms with Crippen LogP contribution in [0.1, 0.15) is 39.7 Å². The zero-order valence-corrected chi connectivity index (χ0v) is 12.4. The quantitative estimate of drug-likeness (QED) is 0.835. The van der Waals surface area contributed by atoms with Gasteiger partial charge < -0.3 is 5.32 Å². The lowest BCUT2D eigenvalue weighted by Gasteiger charge is -2.31. The van der Waals surface area contributed by atoms with Gasteiger partial charge in [0, 0.05) is 6.04 Å². The second-order valence-electron chi connectivity index (χ2n) is 5.76. The smallest absolute Gasteiger partial charge is 0.141 e. The van der Waals surface area contributed by atoms with Crippen molar-refractivity contribution in [2.24, 2.45) is 5.41 Å². The van der Waals surface area contributed by atoms with Crippen LogP contribution in [0.3, 0.4) is 0 Å². The van der Waals surface area contributed by atoms with Crippen molar-refractivity contribution in [1.29, 1.82) is 0 Å². The minimum absolute atomic E-state index is 0.211. The van der Waals surface area contributed by atoms with Crippen molar-refractivity contribution in [1.82, 2.24) is 5.32 Å². The summed E-state index contributed by atoms with van der Waals surface area (Å²) in [6.45, 7) is 9.79. The Bertz CT molecular complexity index is 385. The molecule has 0 saturated carbocycles. The molecule has 1 rings (SSSR count). The molecule has 1 unspecified atom stereocenters. The van der Waals surface area contributed by atoms with E-state index in [1.54, 1.807) is 6.07 Å². The zero-order chi connectivity index (χ0) is 13.8. The number of rotatable bonds is 5. The lowest BCUT2D eigenvalue weighted by atomic mass is 9.83. The Hall–Kier alpha value is -0.600. The van der Waals surface area contributed by atoms with Crippen molar-refractivity contribution in [2.75, 3.05) is 6.54 Å². The van der Waals surface area contributed by atoms with Crippen LogP contribution >= 0.6 is 11.6 Å². The molecule has 0 heterocycles. The molecule has 0 aromatic heterocycles. The van der Waals surface area contributed by atoms with Crippen LogP contribution in [-0.2, 0) is 6.42 Å². The monoisotopic (exact) mass is 271 g/mol. The highest BCUT2D eigenvalue weighted by Gasteiger charge is 2.23. The van der Waals surface area contributed by atoms with Gasteiger partial charge in [-0.25, -0.2) is 4.39 Å². The van der Waals surface area contributed by atoms with Crippen molar-refractivity contribution in [3.63, 3.8) is 0 Å². The summed E-state index contributed by atoms with van der Waals surface area (Å²) in [6.07, 6.45) is 1.94. The van der Waals surface area contributed by atoms with Gasteiger partial charge in [0.25, 0.3) is 0 Å². The van der Waals surface area contributed by atoms with E-state index in [4.69, 9.17) is 11.6 Å². The maximum atomic E-state index is 13.1. The first-order valence-corrected chi connectivity index (χ1v) is 6.89. The van der Waals surface area contributed by atoms with Gasteiger partial charge in [-0.1, -0.05) is 45.4 Å². The highest BCUT2D eigenvalue weighted by atomic mass is 35.5. The summed E-state index contributed by atoms with van der Waals surface area (Å²) in [4.78, 5) is 0. The molecule has 0 aliphatic heterocycles. The number of hydrogen-bond donors (Lipinski definition) is 1. The highest BCUT2D eigenvalue weighted by Crippen LogP contribution is 2.24. The van der Waals surface area contributed by atoms with Crippen molar-refractivity contribution in [3.8, 4) is 0 Å². The molecule has 0 radical (unpaired) electrons. The van der Waals surface area contributed by atoms with Crippen LogP contribution in [0.25, 0.3) is 0 Å². The van der Waals surface area contributed by atoms with E-state index in [2.05, 4.69) is 33.0 Å². The molecule has 18 heavy (non-hydrogen) atoms. The molecule has 3 heteroatoms. The van der Waals surface area contributed by atoms with Crippen molar-refractivity contribution < 1.29 is 4.39 Å². The SMILES string of the molecule is CCNC(CCc1ccc(F)c(Cl)c1)C(C)(C)C. The lowest BCUT2D eigenvalue weighted by Crippen LogP contribution is -2.40. The minimum atomic E-state index is -0.348. The fraction of sp³-hybridized carbons (Fsp3) is 0.600. The summed E-state index contributed by atoms with van der Waals surface area (Å²) in [5, 5.41) is 3.72. The summed E-state index contributed by atoms with van der Waals surface area (Å²) < 4.78 is 13.1. The van der Waals surface area contributed by atoms with E-state index >= 15 is 0 Å². The summed E-state index contributed by atoms with van der Waals surface area (Å²) in [5.41, 5.74) is 1.31. The Morgan fingerprint density at radius 1 is 1.33 bits per heavy atom. The highest BCUT2D eigenvalue weighted by molar-refractivity contribution is 6.30. The van der Waals surface area contributed by atoms with Crippen LogP contribution in [0.2, 0.25) is 5.02 Å². The molecule has 0 amide bonds. The molecule has 0 bridgehead atoms. The third-order valence-corrected chi connectivity index (χ3v) is 3.49. The summed E-state index contributed by atoms with van der Waals surface area (Å²) in [5.74, 6) is -0.348. The fourth-order valence-electron chi connectivity index (χ4n) is 2.09. The van der Waals surface area contributed by atoms with Gasteiger partial charge in [0.1, 0.15) is 5.82 Å². The Balaban J connectivity index is 2.64. The first-order chi connectivity index (χ1) is 8.34. The van der Waals surface area contributed by atoms with Crippen LogP contribution in [0.15, 0.2) is 18.2 Å². The molecule has 1 atom stereocenters. The lowest BCUT2D eigenvalue weighted by molar-refractivity contribution is 0.258. The number of benzene rings is 1. The van der Waals surface area contributed by atoms with Gasteiger partial charge in [0.2, 0.25) is 0 Å². The van der Waals surface area contributed by atoms with Crippen molar-refractivity contribution in [2.45, 2.75) is 46.6 Å². The van der Waals surface area contributed by atoms with Crippen LogP contribution in [0.4, 0.5) is 4.39 Å². The number of aryl methyl sites for hydroxylation is 1. The van der Waals surface area contributed by atoms with E-state index < -0.39 is 0 Å². The third kappa shape index (κ3) is 4.58. The molecule has 0 spiro atoms. The number of halogens is 2. The minimum Gasteiger partial charge on any atom is -0.314 e. The predicted molar refractivity (Wildman–Crippen MR) is 76.7 cm³/mol. The van der Waals surface area contributed by atoms with Crippen molar-refractivity contribution >= 4 is 11.6 Å². The van der Waals surface area contributed by atoms with E-state index in [-0.39, 0.29) is 16.3 Å². The zero-order valence-electron chi connectivity index (χ0n) is 11.7. The maximum absolute atomic E-state index is 13.1. The first kappa shape index (κ1) is 15.5. The van der Waals surface area contributed by atoms with E-state index in [1.165, 1.54) is 6.07 Å². The number of nitrogens with one attached hydrogen (secondary N) is 1. The van der Waals surface area contributed by atoms with Crippen LogP contribution in [-0.4, -0.2) is 12.6 Å². The molecule has 102 valence electrons. The fourth-order valence-corrected chi connectivity index (χ4v) is 2.30. The van der Waals surface area contributed by atoms with Crippen LogP contribution in [0, 0.1) is 11.2 Å². The predicted octanol–water partition coefficient (Wildman–Crippen LogP) is 4.44. The standard InChI is InChI=1S/C15H23ClFN/c1-5-18-14(15(2,3)4)9-7-11-6-8-13(17)12(16)10-11/h6,8,10,14,18H,5,7,9H2,1-4H3. The number of hydrogen-bond acceptors (Lipinski definition) is 1. The Morgan fingerprint density at radius 2 is 2.00 bits per heavy atom. The largest absolute Gasteiger partial charge is 0.314 e. The van der Waals surface area contributed by atoms with E-state index in [0.29, 0.717) is 6.04 Å². The molecule has 0 fully saturated rings. The van der Waals surface area contributed by atoms with Crippen LogP contribution < -0.4 is 5.32 Å². The second kappa shape index (κ2) is 6.53. The third-order valence-electron chi connectivity index (χ3n) is 3.20. The summed E-state index contributed by atoms with van der Waals surface area (Å²) in [6, 6.07) is 5.43. The first-order valence-electron chi connectivity index (χ1n) is 6.52. The molecular formula is C15H23ClFN. The molecule has 1 aromatic rings. The molecule has 0 aliphatic rings. The molecule has 1 nitrogen and oxygen atoms in total. The summed E-state index contributed by atoms with van der Waals surface area (Å²) in [7, 11) is 0. The van der Waals surface area contributed by atoms with Crippen LogP contribution in [0.5, 0.6) is 0 Å². The Labute approximate surface area is 115 Å². The Morgan fingerprint density at radius 3 is 2.50 bits per heavy atom. The Kier molecular flexibility index (Phi) is 5.61. The normalized spacial score (nSPS) is 13.7. The topological polar surface area (TPSA) is 12.0 Å². The maximum Gasteiger partial charge on any atom is 0.141 e. The second-order valence-corrected chi connectivity index (χ2v) is 6.17. The van der Waals surface area contributed by atoms with Gasteiger partial charge in [-0.15, -0.1) is 0 Å². The van der Waals surface area contributed by atoms with Gasteiger partial charge >= 0.3 is 0 Å². The molecule has 0 saturated heterocycles. The average molecular weight is 272 g/mol. The van der Waals surface area contributed by atoms with Gasteiger partial charge in [0.05, 0.1) is 5.02 Å².